The molecule has 0 radical (unpaired) electrons. The van der Waals surface area contributed by atoms with Gasteiger partial charge in [-0.25, -0.2) is 0 Å². The van der Waals surface area contributed by atoms with Gasteiger partial charge in [0.25, 0.3) is 0 Å². The number of carbonyl (C=O) groups excluding carboxylic acids is 1. The minimum absolute atomic E-state index is 0.352. The molecule has 0 bridgehead atoms. The molecule has 0 atom stereocenters. The van der Waals surface area contributed by atoms with Crippen LogP contribution in [-0.2, 0) is 9.53 Å². The Balaban J connectivity index is 1.82. The Morgan fingerprint density at radius 1 is 1.27 bits per heavy atom. The third-order valence-corrected chi connectivity index (χ3v) is 3.36. The van der Waals surface area contributed by atoms with E-state index in [4.69, 9.17) is 4.74 Å². The van der Waals surface area contributed by atoms with Gasteiger partial charge in [-0.2, -0.15) is 0 Å². The zero-order chi connectivity index (χ0) is 10.7. The lowest BCUT2D eigenvalue weighted by Gasteiger charge is -2.38. The first-order valence-corrected chi connectivity index (χ1v) is 5.72. The highest BCUT2D eigenvalue weighted by atomic mass is 16.5. The van der Waals surface area contributed by atoms with Crippen LogP contribution < -0.4 is 0 Å². The highest BCUT2D eigenvalue weighted by molar-refractivity contribution is 5.79. The Kier molecular flexibility index (Phi) is 3.38. The van der Waals surface area contributed by atoms with Gasteiger partial charge in [0.2, 0.25) is 0 Å². The number of ether oxygens (including phenoxy) is 1. The number of piperidine rings is 1. The van der Waals surface area contributed by atoms with Gasteiger partial charge in [0, 0.05) is 58.5 Å². The smallest absolute Gasteiger partial charge is 0.135 e. The molecule has 0 aromatic rings. The number of nitrogens with zero attached hydrogens (tertiary/aromatic N) is 1. The Bertz CT molecular complexity index is 226. The lowest BCUT2D eigenvalue weighted by atomic mass is 9.93. The van der Waals surface area contributed by atoms with Gasteiger partial charge < -0.3 is 9.84 Å². The van der Waals surface area contributed by atoms with Gasteiger partial charge in [-0.05, 0) is 0 Å². The highest BCUT2D eigenvalue weighted by Gasteiger charge is 2.32. The summed E-state index contributed by atoms with van der Waals surface area (Å²) in [6, 6.07) is 0. The number of ketones is 1. The summed E-state index contributed by atoms with van der Waals surface area (Å²) in [6.45, 7) is 3.63. The number of hydrogen-bond acceptors (Lipinski definition) is 4. The van der Waals surface area contributed by atoms with E-state index in [2.05, 4.69) is 4.90 Å². The van der Waals surface area contributed by atoms with Crippen molar-refractivity contribution in [2.45, 2.75) is 31.3 Å². The summed E-state index contributed by atoms with van der Waals surface area (Å²) in [6.07, 6.45) is 2.73. The number of hydrogen-bond donors (Lipinski definition) is 1. The molecule has 15 heavy (non-hydrogen) atoms. The van der Waals surface area contributed by atoms with E-state index in [1.807, 2.05) is 0 Å². The van der Waals surface area contributed by atoms with Crippen molar-refractivity contribution in [2.75, 3.05) is 32.8 Å². The first kappa shape index (κ1) is 11.0. The summed E-state index contributed by atoms with van der Waals surface area (Å²) in [5, 5.41) is 10.3. The monoisotopic (exact) mass is 213 g/mol. The van der Waals surface area contributed by atoms with Gasteiger partial charge in [0.1, 0.15) is 5.78 Å². The fourth-order valence-electron chi connectivity index (χ4n) is 2.29. The zero-order valence-corrected chi connectivity index (χ0v) is 9.07. The molecule has 2 saturated heterocycles. The van der Waals surface area contributed by atoms with Gasteiger partial charge in [-0.3, -0.25) is 9.69 Å². The normalized spacial score (nSPS) is 27.9. The number of Topliss-reactive ketones (excluding diaryl/α,β-unsaturated/α-hetero) is 1. The van der Waals surface area contributed by atoms with Crippen molar-refractivity contribution in [1.29, 1.82) is 0 Å². The molecule has 0 amide bonds. The van der Waals surface area contributed by atoms with E-state index in [-0.39, 0.29) is 0 Å². The molecule has 1 N–H and O–H groups in total. The Labute approximate surface area is 90.2 Å². The van der Waals surface area contributed by atoms with Gasteiger partial charge in [-0.15, -0.1) is 0 Å². The van der Waals surface area contributed by atoms with Crippen LogP contribution in [-0.4, -0.2) is 54.2 Å². The van der Waals surface area contributed by atoms with Crippen LogP contribution in [0.4, 0.5) is 0 Å². The van der Waals surface area contributed by atoms with Crippen LogP contribution in [0, 0.1) is 0 Å². The largest absolute Gasteiger partial charge is 0.388 e. The van der Waals surface area contributed by atoms with Crippen molar-refractivity contribution >= 4 is 5.78 Å². The Morgan fingerprint density at radius 3 is 2.47 bits per heavy atom. The lowest BCUT2D eigenvalue weighted by molar-refractivity contribution is -0.123. The first-order valence-electron chi connectivity index (χ1n) is 5.72. The fourth-order valence-corrected chi connectivity index (χ4v) is 2.29. The molecule has 0 saturated carbocycles. The van der Waals surface area contributed by atoms with Crippen molar-refractivity contribution in [3.05, 3.63) is 0 Å². The molecule has 2 rings (SSSR count). The van der Waals surface area contributed by atoms with Crippen molar-refractivity contribution < 1.29 is 14.6 Å². The minimum atomic E-state index is -0.585. The number of rotatable bonds is 2. The molecule has 0 aromatic heterocycles. The maximum atomic E-state index is 11.1. The van der Waals surface area contributed by atoms with E-state index in [1.165, 1.54) is 0 Å². The molecule has 2 heterocycles. The van der Waals surface area contributed by atoms with Gasteiger partial charge in [0.05, 0.1) is 5.60 Å². The van der Waals surface area contributed by atoms with E-state index in [1.54, 1.807) is 0 Å². The molecule has 2 fully saturated rings. The van der Waals surface area contributed by atoms with Crippen LogP contribution in [0.25, 0.3) is 0 Å². The van der Waals surface area contributed by atoms with Gasteiger partial charge >= 0.3 is 0 Å². The van der Waals surface area contributed by atoms with E-state index in [0.717, 1.165) is 25.9 Å². The third-order valence-electron chi connectivity index (χ3n) is 3.36. The average Bonchev–Trinajstić information content (AvgIpc) is 2.22. The Morgan fingerprint density at radius 2 is 1.87 bits per heavy atom. The second-order valence-electron chi connectivity index (χ2n) is 4.65. The standard InChI is InChI=1S/C11H19NO3/c13-10-1-5-12(6-2-10)9-11(14)3-7-15-8-4-11/h14H,1-9H2. The summed E-state index contributed by atoms with van der Waals surface area (Å²) in [7, 11) is 0. The highest BCUT2D eigenvalue weighted by Crippen LogP contribution is 2.22. The molecule has 0 spiro atoms. The molecule has 4 heteroatoms. The van der Waals surface area contributed by atoms with E-state index in [0.29, 0.717) is 38.4 Å². The predicted molar refractivity (Wildman–Crippen MR) is 55.7 cm³/mol. The zero-order valence-electron chi connectivity index (χ0n) is 9.07. The third kappa shape index (κ3) is 3.00. The maximum absolute atomic E-state index is 11.1. The summed E-state index contributed by atoms with van der Waals surface area (Å²) in [5.74, 6) is 0.352. The fraction of sp³-hybridized carbons (Fsp3) is 0.909. The molecular formula is C11H19NO3. The van der Waals surface area contributed by atoms with E-state index >= 15 is 0 Å². The predicted octanol–water partition coefficient (Wildman–Crippen LogP) is 0.193. The lowest BCUT2D eigenvalue weighted by Crippen LogP contribution is -2.49. The molecule has 0 aliphatic carbocycles. The molecule has 2 aliphatic rings. The minimum Gasteiger partial charge on any atom is -0.388 e. The second-order valence-corrected chi connectivity index (χ2v) is 4.65. The van der Waals surface area contributed by atoms with Crippen molar-refractivity contribution in [2.24, 2.45) is 0 Å². The van der Waals surface area contributed by atoms with Crippen molar-refractivity contribution in [1.82, 2.24) is 4.90 Å². The average molecular weight is 213 g/mol. The Hall–Kier alpha value is -0.450. The van der Waals surface area contributed by atoms with Crippen LogP contribution in [0.1, 0.15) is 25.7 Å². The van der Waals surface area contributed by atoms with Crippen LogP contribution in [0.3, 0.4) is 0 Å². The molecule has 0 unspecified atom stereocenters. The molecule has 0 aromatic carbocycles. The summed E-state index contributed by atoms with van der Waals surface area (Å²) >= 11 is 0. The van der Waals surface area contributed by atoms with E-state index in [9.17, 15) is 9.90 Å². The summed E-state index contributed by atoms with van der Waals surface area (Å²) in [4.78, 5) is 13.3. The first-order chi connectivity index (χ1) is 7.18. The van der Waals surface area contributed by atoms with Gasteiger partial charge in [0.15, 0.2) is 0 Å². The van der Waals surface area contributed by atoms with Crippen molar-refractivity contribution in [3.63, 3.8) is 0 Å². The maximum Gasteiger partial charge on any atom is 0.135 e. The molecule has 4 nitrogen and oxygen atoms in total. The van der Waals surface area contributed by atoms with E-state index < -0.39 is 5.60 Å². The van der Waals surface area contributed by atoms with Crippen LogP contribution in [0.2, 0.25) is 0 Å². The quantitative estimate of drug-likeness (QED) is 0.711. The van der Waals surface area contributed by atoms with Gasteiger partial charge in [-0.1, -0.05) is 0 Å². The number of likely N-dealkylation sites (tertiary alicyclic amines) is 1. The molecule has 86 valence electrons. The second kappa shape index (κ2) is 4.60. The summed E-state index contributed by atoms with van der Waals surface area (Å²) in [5.41, 5.74) is -0.585. The molecule has 2 aliphatic heterocycles. The number of β-amino-alcohol motifs (C(OH)–C–C–N with tert-alkyl or cyclic N) is 1. The topological polar surface area (TPSA) is 49.8 Å². The van der Waals surface area contributed by atoms with Crippen LogP contribution in [0.15, 0.2) is 0 Å². The van der Waals surface area contributed by atoms with Crippen LogP contribution in [0.5, 0.6) is 0 Å². The van der Waals surface area contributed by atoms with Crippen LogP contribution >= 0.6 is 0 Å². The SMILES string of the molecule is O=C1CCN(CC2(O)CCOCC2)CC1. The summed E-state index contributed by atoms with van der Waals surface area (Å²) < 4.78 is 5.24. The van der Waals surface area contributed by atoms with Crippen molar-refractivity contribution in [3.8, 4) is 0 Å². The molecular weight excluding hydrogens is 194 g/mol. The number of aliphatic hydroxyl groups is 1. The number of carbonyl (C=O) groups is 1.